The number of pyridine rings is 1. The van der Waals surface area contributed by atoms with E-state index in [1.807, 2.05) is 29.3 Å². The molecule has 0 spiro atoms. The standard InChI is InChI=1S/C22H30N4O2/c1-2-17-12-6-8-14-25(17)22(28)19-18-13-7-9-15-26(18)20(24-19)21(27)23-16-10-4-3-5-11-16/h7,9,13,15-17H,2-6,8,10-12,14H2,1H3,(H,23,27). The topological polar surface area (TPSA) is 66.7 Å². The molecule has 0 radical (unpaired) electrons. The van der Waals surface area contributed by atoms with Crippen molar-refractivity contribution >= 4 is 17.3 Å². The van der Waals surface area contributed by atoms with Crippen LogP contribution >= 0.6 is 0 Å². The molecule has 28 heavy (non-hydrogen) atoms. The Labute approximate surface area is 166 Å². The highest BCUT2D eigenvalue weighted by Gasteiger charge is 2.30. The Morgan fingerprint density at radius 3 is 2.68 bits per heavy atom. The van der Waals surface area contributed by atoms with Crippen molar-refractivity contribution < 1.29 is 9.59 Å². The van der Waals surface area contributed by atoms with Crippen molar-refractivity contribution in [2.24, 2.45) is 0 Å². The van der Waals surface area contributed by atoms with Crippen LogP contribution in [0.5, 0.6) is 0 Å². The fourth-order valence-electron chi connectivity index (χ4n) is 4.68. The van der Waals surface area contributed by atoms with Crippen molar-refractivity contribution in [1.29, 1.82) is 0 Å². The van der Waals surface area contributed by atoms with Gasteiger partial charge in [-0.1, -0.05) is 32.3 Å². The van der Waals surface area contributed by atoms with Crippen molar-refractivity contribution in [3.05, 3.63) is 35.9 Å². The monoisotopic (exact) mass is 382 g/mol. The smallest absolute Gasteiger partial charge is 0.287 e. The lowest BCUT2D eigenvalue weighted by molar-refractivity contribution is 0.0604. The van der Waals surface area contributed by atoms with E-state index >= 15 is 0 Å². The number of piperidine rings is 1. The van der Waals surface area contributed by atoms with E-state index in [-0.39, 0.29) is 23.9 Å². The highest BCUT2D eigenvalue weighted by Crippen LogP contribution is 2.24. The van der Waals surface area contributed by atoms with Crippen LogP contribution in [-0.2, 0) is 0 Å². The van der Waals surface area contributed by atoms with E-state index in [1.54, 1.807) is 4.40 Å². The van der Waals surface area contributed by atoms with Gasteiger partial charge in [0.05, 0.1) is 5.52 Å². The maximum atomic E-state index is 13.3. The molecule has 1 atom stereocenters. The molecule has 1 unspecified atom stereocenters. The number of amides is 2. The Hall–Kier alpha value is -2.37. The van der Waals surface area contributed by atoms with Crippen LogP contribution in [0.1, 0.15) is 85.8 Å². The Balaban J connectivity index is 1.64. The molecule has 2 aromatic rings. The molecule has 1 N–H and O–H groups in total. The third-order valence-electron chi connectivity index (χ3n) is 6.25. The molecule has 150 valence electrons. The highest BCUT2D eigenvalue weighted by atomic mass is 16.2. The van der Waals surface area contributed by atoms with Crippen LogP contribution in [0.25, 0.3) is 5.52 Å². The zero-order valence-electron chi connectivity index (χ0n) is 16.7. The van der Waals surface area contributed by atoms with Gasteiger partial charge in [-0.05, 0) is 50.7 Å². The number of nitrogens with zero attached hydrogens (tertiary/aromatic N) is 3. The first kappa shape index (κ1) is 19.0. The van der Waals surface area contributed by atoms with Gasteiger partial charge in [-0.25, -0.2) is 4.98 Å². The lowest BCUT2D eigenvalue weighted by Gasteiger charge is -2.34. The lowest BCUT2D eigenvalue weighted by atomic mass is 9.95. The maximum absolute atomic E-state index is 13.3. The average Bonchev–Trinajstić information content (AvgIpc) is 3.14. The van der Waals surface area contributed by atoms with Crippen molar-refractivity contribution in [3.8, 4) is 0 Å². The predicted octanol–water partition coefficient (Wildman–Crippen LogP) is 3.80. The summed E-state index contributed by atoms with van der Waals surface area (Å²) < 4.78 is 1.76. The van der Waals surface area contributed by atoms with Gasteiger partial charge >= 0.3 is 0 Å². The second kappa shape index (κ2) is 8.33. The van der Waals surface area contributed by atoms with Crippen LogP contribution in [0, 0.1) is 0 Å². The van der Waals surface area contributed by atoms with Crippen LogP contribution in [0.2, 0.25) is 0 Å². The Morgan fingerprint density at radius 2 is 1.89 bits per heavy atom. The number of likely N-dealkylation sites (tertiary alicyclic amines) is 1. The maximum Gasteiger partial charge on any atom is 0.287 e. The molecule has 2 aromatic heterocycles. The minimum atomic E-state index is -0.183. The number of hydrogen-bond acceptors (Lipinski definition) is 3. The van der Waals surface area contributed by atoms with Gasteiger partial charge in [0, 0.05) is 24.8 Å². The summed E-state index contributed by atoms with van der Waals surface area (Å²) in [5, 5.41) is 3.13. The molecule has 1 aliphatic heterocycles. The number of fused-ring (bicyclic) bond motifs is 1. The number of nitrogens with one attached hydrogen (secondary N) is 1. The second-order valence-corrected chi connectivity index (χ2v) is 8.10. The molecule has 4 rings (SSSR count). The van der Waals surface area contributed by atoms with Crippen LogP contribution in [0.3, 0.4) is 0 Å². The summed E-state index contributed by atoms with van der Waals surface area (Å²) in [4.78, 5) is 32.8. The van der Waals surface area contributed by atoms with E-state index in [0.29, 0.717) is 17.0 Å². The predicted molar refractivity (Wildman–Crippen MR) is 108 cm³/mol. The molecule has 2 fully saturated rings. The molecule has 2 aliphatic rings. The zero-order valence-corrected chi connectivity index (χ0v) is 16.7. The summed E-state index contributed by atoms with van der Waals surface area (Å²) in [5.74, 6) is 0.0828. The molecular weight excluding hydrogens is 352 g/mol. The van der Waals surface area contributed by atoms with E-state index in [1.165, 1.54) is 12.8 Å². The largest absolute Gasteiger partial charge is 0.347 e. The molecule has 1 saturated carbocycles. The summed E-state index contributed by atoms with van der Waals surface area (Å²) in [6.45, 7) is 2.90. The van der Waals surface area contributed by atoms with Crippen LogP contribution in [0.15, 0.2) is 24.4 Å². The summed E-state index contributed by atoms with van der Waals surface area (Å²) in [6.07, 6.45) is 11.6. The third kappa shape index (κ3) is 3.64. The average molecular weight is 383 g/mol. The summed E-state index contributed by atoms with van der Waals surface area (Å²) in [6, 6.07) is 6.12. The fraction of sp³-hybridized carbons (Fsp3) is 0.591. The van der Waals surface area contributed by atoms with Crippen molar-refractivity contribution in [1.82, 2.24) is 19.6 Å². The number of rotatable bonds is 4. The highest BCUT2D eigenvalue weighted by molar-refractivity contribution is 6.02. The van der Waals surface area contributed by atoms with Crippen molar-refractivity contribution in [3.63, 3.8) is 0 Å². The van der Waals surface area contributed by atoms with Gasteiger partial charge in [0.15, 0.2) is 5.69 Å². The van der Waals surface area contributed by atoms with Gasteiger partial charge in [-0.3, -0.25) is 14.0 Å². The van der Waals surface area contributed by atoms with E-state index in [4.69, 9.17) is 0 Å². The van der Waals surface area contributed by atoms with Crippen LogP contribution in [0.4, 0.5) is 0 Å². The van der Waals surface area contributed by atoms with Gasteiger partial charge in [0.25, 0.3) is 11.8 Å². The SMILES string of the molecule is CCC1CCCCN1C(=O)c1nc(C(=O)NC2CCCCC2)n2ccccc12. The molecule has 3 heterocycles. The Morgan fingerprint density at radius 1 is 1.11 bits per heavy atom. The second-order valence-electron chi connectivity index (χ2n) is 8.10. The lowest BCUT2D eigenvalue weighted by Crippen LogP contribution is -2.43. The molecule has 0 aromatic carbocycles. The molecule has 0 bridgehead atoms. The van der Waals surface area contributed by atoms with Crippen LogP contribution < -0.4 is 5.32 Å². The van der Waals surface area contributed by atoms with Crippen molar-refractivity contribution in [2.75, 3.05) is 6.54 Å². The third-order valence-corrected chi connectivity index (χ3v) is 6.25. The van der Waals surface area contributed by atoms with E-state index in [0.717, 1.165) is 51.5 Å². The van der Waals surface area contributed by atoms with E-state index < -0.39 is 0 Å². The van der Waals surface area contributed by atoms with Gasteiger partial charge in [0.2, 0.25) is 5.82 Å². The van der Waals surface area contributed by atoms with Gasteiger partial charge in [-0.2, -0.15) is 0 Å². The first-order valence-corrected chi connectivity index (χ1v) is 10.8. The molecular formula is C22H30N4O2. The Bertz CT molecular complexity index is 853. The van der Waals surface area contributed by atoms with Gasteiger partial charge in [-0.15, -0.1) is 0 Å². The number of aromatic nitrogens is 2. The minimum Gasteiger partial charge on any atom is -0.347 e. The molecule has 1 aliphatic carbocycles. The van der Waals surface area contributed by atoms with Gasteiger partial charge in [0.1, 0.15) is 0 Å². The quantitative estimate of drug-likeness (QED) is 0.875. The molecule has 1 saturated heterocycles. The first-order chi connectivity index (χ1) is 13.7. The number of carbonyl (C=O) groups is 2. The minimum absolute atomic E-state index is 0.0491. The summed E-state index contributed by atoms with van der Waals surface area (Å²) >= 11 is 0. The normalized spacial score (nSPS) is 21.0. The summed E-state index contributed by atoms with van der Waals surface area (Å²) in [7, 11) is 0. The molecule has 6 heteroatoms. The number of hydrogen-bond donors (Lipinski definition) is 1. The number of carbonyl (C=O) groups excluding carboxylic acids is 2. The summed E-state index contributed by atoms with van der Waals surface area (Å²) in [5.41, 5.74) is 1.11. The van der Waals surface area contributed by atoms with E-state index in [2.05, 4.69) is 17.2 Å². The van der Waals surface area contributed by atoms with Crippen LogP contribution in [-0.4, -0.2) is 44.7 Å². The first-order valence-electron chi connectivity index (χ1n) is 10.8. The van der Waals surface area contributed by atoms with E-state index in [9.17, 15) is 9.59 Å². The molecule has 2 amide bonds. The van der Waals surface area contributed by atoms with Gasteiger partial charge < -0.3 is 10.2 Å². The zero-order chi connectivity index (χ0) is 19.5. The molecule has 6 nitrogen and oxygen atoms in total. The number of imidazole rings is 1. The Kier molecular flexibility index (Phi) is 5.64. The van der Waals surface area contributed by atoms with Crippen molar-refractivity contribution in [2.45, 2.75) is 76.8 Å². The fourth-order valence-corrected chi connectivity index (χ4v) is 4.68.